The lowest BCUT2D eigenvalue weighted by Crippen LogP contribution is -2.61. The first-order chi connectivity index (χ1) is 11.5. The Balaban J connectivity index is 2.80. The van der Waals surface area contributed by atoms with E-state index in [1.165, 1.54) is 0 Å². The van der Waals surface area contributed by atoms with E-state index in [0.717, 1.165) is 0 Å². The Labute approximate surface area is 139 Å². The molecule has 13 nitrogen and oxygen atoms in total. The highest BCUT2D eigenvalue weighted by molar-refractivity contribution is 6.35. The number of carbonyl (C=O) groups excluding carboxylic acids is 2. The zero-order chi connectivity index (χ0) is 19.5. The first-order valence-corrected chi connectivity index (χ1v) is 6.85. The van der Waals surface area contributed by atoms with Gasteiger partial charge in [0.2, 0.25) is 6.29 Å². The highest BCUT2D eigenvalue weighted by Crippen LogP contribution is 2.22. The predicted octanol–water partition coefficient (Wildman–Crippen LogP) is -5.93. The number of carboxylic acid groups (broad SMARTS) is 1. The second kappa shape index (κ2) is 8.59. The van der Waals surface area contributed by atoms with Gasteiger partial charge < -0.3 is 50.3 Å². The molecule has 1 heterocycles. The van der Waals surface area contributed by atoms with Crippen molar-refractivity contribution in [3.05, 3.63) is 0 Å². The molecule has 25 heavy (non-hydrogen) atoms. The minimum atomic E-state index is -2.50. The van der Waals surface area contributed by atoms with Gasteiger partial charge in [-0.2, -0.15) is 0 Å². The minimum absolute atomic E-state index is 1.03. The van der Waals surface area contributed by atoms with Crippen LogP contribution in [0.15, 0.2) is 0 Å². The molecule has 1 fully saturated rings. The van der Waals surface area contributed by atoms with Crippen LogP contribution in [0.4, 0.5) is 0 Å². The molecule has 0 spiro atoms. The highest BCUT2D eigenvalue weighted by Gasteiger charge is 2.49. The van der Waals surface area contributed by atoms with Crippen LogP contribution in [0.5, 0.6) is 0 Å². The van der Waals surface area contributed by atoms with Crippen LogP contribution in [0.2, 0.25) is 0 Å². The Bertz CT molecular complexity index is 507. The van der Waals surface area contributed by atoms with E-state index in [0.29, 0.717) is 0 Å². The van der Waals surface area contributed by atoms with Gasteiger partial charge in [0.05, 0.1) is 6.61 Å². The molecule has 1 saturated heterocycles. The van der Waals surface area contributed by atoms with E-state index in [2.05, 4.69) is 9.47 Å². The van der Waals surface area contributed by atoms with Crippen molar-refractivity contribution in [3.63, 3.8) is 0 Å². The van der Waals surface area contributed by atoms with Gasteiger partial charge in [-0.25, -0.2) is 9.59 Å². The average Bonchev–Trinajstić information content (AvgIpc) is 2.58. The van der Waals surface area contributed by atoms with Gasteiger partial charge >= 0.3 is 11.9 Å². The fourth-order valence-electron chi connectivity index (χ4n) is 1.91. The smallest absolute Gasteiger partial charge is 0.379 e. The molecule has 144 valence electrons. The van der Waals surface area contributed by atoms with Crippen molar-refractivity contribution in [3.8, 4) is 0 Å². The van der Waals surface area contributed by atoms with Crippen LogP contribution in [-0.4, -0.2) is 114 Å². The molecule has 0 saturated carbocycles. The zero-order valence-electron chi connectivity index (χ0n) is 12.4. The summed E-state index contributed by atoms with van der Waals surface area (Å²) in [6, 6.07) is 0. The number of hydrogen-bond acceptors (Lipinski definition) is 12. The van der Waals surface area contributed by atoms with Gasteiger partial charge in [0, 0.05) is 0 Å². The maximum atomic E-state index is 11.6. The van der Waals surface area contributed by atoms with Gasteiger partial charge in [-0.3, -0.25) is 4.79 Å². The minimum Gasteiger partial charge on any atom is -0.479 e. The van der Waals surface area contributed by atoms with Crippen molar-refractivity contribution in [2.45, 2.75) is 49.0 Å². The topological polar surface area (TPSA) is 232 Å². The first kappa shape index (κ1) is 21.3. The number of aliphatic hydroxyl groups excluding tert-OH is 7. The van der Waals surface area contributed by atoms with Crippen LogP contribution in [0.1, 0.15) is 0 Å². The molecule has 0 aromatic carbocycles. The number of ketones is 1. The molecule has 13 heteroatoms. The highest BCUT2D eigenvalue weighted by atomic mass is 16.7. The maximum absolute atomic E-state index is 11.6. The molecule has 1 aliphatic heterocycles. The van der Waals surface area contributed by atoms with Crippen molar-refractivity contribution in [1.82, 2.24) is 0 Å². The summed E-state index contributed by atoms with van der Waals surface area (Å²) in [7, 11) is 0. The van der Waals surface area contributed by atoms with E-state index in [1.54, 1.807) is 0 Å². The molecule has 0 aromatic rings. The van der Waals surface area contributed by atoms with Gasteiger partial charge in [-0.15, -0.1) is 0 Å². The normalized spacial score (nSPS) is 33.2. The van der Waals surface area contributed by atoms with Crippen molar-refractivity contribution in [2.75, 3.05) is 6.61 Å². The molecule has 1 aliphatic rings. The van der Waals surface area contributed by atoms with E-state index < -0.39 is 73.3 Å². The molecule has 0 aromatic heterocycles. The number of carbonyl (C=O) groups is 3. The SMILES string of the molecule is O=C(O[C@@H]1O[C@@H](C(=O)O)[C@@H](O)[C@H](O)[C@@H]1O)C(=O)[C@H](O)[C@@H](O)[C@@H](O)CO. The van der Waals surface area contributed by atoms with Gasteiger partial charge in [0.15, 0.2) is 12.2 Å². The van der Waals surface area contributed by atoms with E-state index in [9.17, 15) is 39.9 Å². The Kier molecular flexibility index (Phi) is 7.33. The summed E-state index contributed by atoms with van der Waals surface area (Å²) in [5, 5.41) is 73.8. The van der Waals surface area contributed by atoms with E-state index in [-0.39, 0.29) is 0 Å². The summed E-state index contributed by atoms with van der Waals surface area (Å²) in [6.07, 6.45) is -17.2. The Hall–Kier alpha value is -1.71. The largest absolute Gasteiger partial charge is 0.479 e. The van der Waals surface area contributed by atoms with Crippen LogP contribution in [-0.2, 0) is 23.9 Å². The lowest BCUT2D eigenvalue weighted by Gasteiger charge is -2.37. The molecule has 0 amide bonds. The monoisotopic (exact) mass is 370 g/mol. The van der Waals surface area contributed by atoms with E-state index in [1.807, 2.05) is 0 Å². The third kappa shape index (κ3) is 4.68. The molecule has 8 atom stereocenters. The summed E-state index contributed by atoms with van der Waals surface area (Å²) in [5.41, 5.74) is 0. The van der Waals surface area contributed by atoms with Crippen LogP contribution in [0.25, 0.3) is 0 Å². The third-order valence-electron chi connectivity index (χ3n) is 3.41. The molecule has 0 unspecified atom stereocenters. The fourth-order valence-corrected chi connectivity index (χ4v) is 1.91. The summed E-state index contributed by atoms with van der Waals surface area (Å²) >= 11 is 0. The predicted molar refractivity (Wildman–Crippen MR) is 70.5 cm³/mol. The summed E-state index contributed by atoms with van der Waals surface area (Å²) in [4.78, 5) is 34.1. The van der Waals surface area contributed by atoms with E-state index in [4.69, 9.17) is 15.3 Å². The summed E-state index contributed by atoms with van der Waals surface area (Å²) in [5.74, 6) is -5.45. The second-order valence-corrected chi connectivity index (χ2v) is 5.19. The quantitative estimate of drug-likeness (QED) is 0.154. The Morgan fingerprint density at radius 2 is 1.56 bits per heavy atom. The molecule has 0 bridgehead atoms. The number of hydrogen-bond donors (Lipinski definition) is 8. The number of esters is 1. The van der Waals surface area contributed by atoms with Crippen LogP contribution in [0, 0.1) is 0 Å². The molecular formula is C12H18O13. The Morgan fingerprint density at radius 3 is 2.04 bits per heavy atom. The molecule has 0 radical (unpaired) electrons. The first-order valence-electron chi connectivity index (χ1n) is 6.85. The lowest BCUT2D eigenvalue weighted by atomic mass is 9.99. The molecule has 1 rings (SSSR count). The van der Waals surface area contributed by atoms with Gasteiger partial charge in [0.25, 0.3) is 5.78 Å². The van der Waals surface area contributed by atoms with E-state index >= 15 is 0 Å². The standard InChI is InChI=1S/C12H18O13/c13-1-2(14)3(15)4(16)7(19)11(23)25-12-8(20)5(17)6(18)9(24-12)10(21)22/h2-6,8-9,12-18,20H,1H2,(H,21,22)/t2-,3-,4+,5-,6-,8-,9+,12-/m0/s1. The van der Waals surface area contributed by atoms with Crippen LogP contribution >= 0.6 is 0 Å². The van der Waals surface area contributed by atoms with Gasteiger partial charge in [-0.1, -0.05) is 0 Å². The fraction of sp³-hybridized carbons (Fsp3) is 0.750. The van der Waals surface area contributed by atoms with Crippen molar-refractivity contribution >= 4 is 17.7 Å². The van der Waals surface area contributed by atoms with Crippen LogP contribution in [0.3, 0.4) is 0 Å². The number of aliphatic hydroxyl groups is 7. The molecule has 0 aliphatic carbocycles. The number of aliphatic carboxylic acids is 1. The zero-order valence-corrected chi connectivity index (χ0v) is 12.4. The molecule has 8 N–H and O–H groups in total. The van der Waals surface area contributed by atoms with Crippen molar-refractivity contribution < 1.29 is 64.7 Å². The molecular weight excluding hydrogens is 352 g/mol. The number of rotatable bonds is 7. The van der Waals surface area contributed by atoms with Crippen molar-refractivity contribution in [2.24, 2.45) is 0 Å². The Morgan fingerprint density at radius 1 is 1.00 bits per heavy atom. The summed E-state index contributed by atoms with van der Waals surface area (Å²) < 4.78 is 8.92. The van der Waals surface area contributed by atoms with Gasteiger partial charge in [-0.05, 0) is 0 Å². The number of carboxylic acids is 1. The summed E-state index contributed by atoms with van der Waals surface area (Å²) in [6.45, 7) is -1.03. The van der Waals surface area contributed by atoms with Crippen LogP contribution < -0.4 is 0 Å². The third-order valence-corrected chi connectivity index (χ3v) is 3.41. The number of ether oxygens (including phenoxy) is 2. The van der Waals surface area contributed by atoms with Crippen molar-refractivity contribution in [1.29, 1.82) is 0 Å². The average molecular weight is 370 g/mol. The second-order valence-electron chi connectivity index (χ2n) is 5.19. The maximum Gasteiger partial charge on any atom is 0.379 e. The van der Waals surface area contributed by atoms with Gasteiger partial charge in [0.1, 0.15) is 30.5 Å². The number of Topliss-reactive ketones (excluding diaryl/α,β-unsaturated/α-hetero) is 1. The lowest BCUT2D eigenvalue weighted by molar-refractivity contribution is -0.285.